The van der Waals surface area contributed by atoms with E-state index in [9.17, 15) is 4.39 Å². The van der Waals surface area contributed by atoms with E-state index in [2.05, 4.69) is 0 Å². The van der Waals surface area contributed by atoms with Crippen LogP contribution in [0.15, 0.2) is 36.4 Å². The second kappa shape index (κ2) is 5.41. The van der Waals surface area contributed by atoms with Gasteiger partial charge in [0.25, 0.3) is 0 Å². The lowest BCUT2D eigenvalue weighted by molar-refractivity contribution is 0.468. The maximum atomic E-state index is 13.6. The molecule has 0 aliphatic carbocycles. The number of benzene rings is 2. The van der Waals surface area contributed by atoms with Crippen LogP contribution in [0.3, 0.4) is 0 Å². The van der Waals surface area contributed by atoms with Gasteiger partial charge in [0.15, 0.2) is 0 Å². The molecule has 1 atom stereocenters. The molecule has 19 heavy (non-hydrogen) atoms. The van der Waals surface area contributed by atoms with E-state index < -0.39 is 0 Å². The van der Waals surface area contributed by atoms with Gasteiger partial charge in [-0.3, -0.25) is 0 Å². The molecule has 0 unspecified atom stereocenters. The highest BCUT2D eigenvalue weighted by Crippen LogP contribution is 2.31. The maximum Gasteiger partial charge on any atom is 0.132 e. The van der Waals surface area contributed by atoms with E-state index in [1.54, 1.807) is 13.0 Å². The van der Waals surface area contributed by atoms with Crippen LogP contribution in [0.5, 0.6) is 11.5 Å². The summed E-state index contributed by atoms with van der Waals surface area (Å²) < 4.78 is 19.5. The molecule has 2 N–H and O–H groups in total. The Morgan fingerprint density at radius 3 is 2.53 bits per heavy atom. The monoisotopic (exact) mass is 259 g/mol. The quantitative estimate of drug-likeness (QED) is 0.894. The third kappa shape index (κ3) is 3.12. The summed E-state index contributed by atoms with van der Waals surface area (Å²) >= 11 is 0. The van der Waals surface area contributed by atoms with Gasteiger partial charge in [-0.05, 0) is 56.2 Å². The Labute approximate surface area is 113 Å². The van der Waals surface area contributed by atoms with Gasteiger partial charge in [-0.25, -0.2) is 4.39 Å². The Balaban J connectivity index is 2.41. The fraction of sp³-hybridized carbons (Fsp3) is 0.250. The molecule has 0 saturated carbocycles. The van der Waals surface area contributed by atoms with Gasteiger partial charge in [-0.15, -0.1) is 0 Å². The van der Waals surface area contributed by atoms with Gasteiger partial charge >= 0.3 is 0 Å². The van der Waals surface area contributed by atoms with Crippen LogP contribution in [-0.2, 0) is 0 Å². The Kier molecular flexibility index (Phi) is 3.86. The van der Waals surface area contributed by atoms with Crippen LogP contribution in [0.25, 0.3) is 0 Å². The second-order valence-corrected chi connectivity index (χ2v) is 4.85. The number of rotatable bonds is 3. The molecule has 3 heteroatoms. The van der Waals surface area contributed by atoms with E-state index in [1.165, 1.54) is 6.07 Å². The Morgan fingerprint density at radius 2 is 1.89 bits per heavy atom. The zero-order valence-corrected chi connectivity index (χ0v) is 11.4. The van der Waals surface area contributed by atoms with Gasteiger partial charge in [0.2, 0.25) is 0 Å². The summed E-state index contributed by atoms with van der Waals surface area (Å²) in [5, 5.41) is 0. The molecule has 2 nitrogen and oxygen atoms in total. The molecule has 0 aromatic heterocycles. The van der Waals surface area contributed by atoms with E-state index in [0.29, 0.717) is 16.9 Å². The van der Waals surface area contributed by atoms with Crippen LogP contribution >= 0.6 is 0 Å². The standard InChI is InChI=1S/C16H18FNO/c1-10-5-4-6-13(7-10)19-16-8-11(2)15(17)9-14(16)12(3)18/h4-9,12H,18H2,1-3H3/t12-/m0/s1. The van der Waals surface area contributed by atoms with Crippen LogP contribution in [0.1, 0.15) is 29.7 Å². The summed E-state index contributed by atoms with van der Waals surface area (Å²) in [6.45, 7) is 5.52. The molecule has 0 spiro atoms. The summed E-state index contributed by atoms with van der Waals surface area (Å²) in [4.78, 5) is 0. The molecule has 0 radical (unpaired) electrons. The first kappa shape index (κ1) is 13.6. The topological polar surface area (TPSA) is 35.2 Å². The molecular formula is C16H18FNO. The molecule has 2 aromatic carbocycles. The number of hydrogen-bond donors (Lipinski definition) is 1. The largest absolute Gasteiger partial charge is 0.457 e. The third-order valence-electron chi connectivity index (χ3n) is 3.00. The minimum atomic E-state index is -0.282. The molecule has 2 aromatic rings. The minimum absolute atomic E-state index is 0.260. The van der Waals surface area contributed by atoms with Crippen LogP contribution < -0.4 is 10.5 Å². The van der Waals surface area contributed by atoms with Crippen molar-refractivity contribution in [2.24, 2.45) is 5.73 Å². The maximum absolute atomic E-state index is 13.6. The molecule has 0 bridgehead atoms. The van der Waals surface area contributed by atoms with Gasteiger partial charge in [-0.1, -0.05) is 12.1 Å². The summed E-state index contributed by atoms with van der Waals surface area (Å²) in [6.07, 6.45) is 0. The predicted molar refractivity (Wildman–Crippen MR) is 75.0 cm³/mol. The lowest BCUT2D eigenvalue weighted by Gasteiger charge is -2.15. The van der Waals surface area contributed by atoms with Gasteiger partial charge in [0.05, 0.1) is 0 Å². The summed E-state index contributed by atoms with van der Waals surface area (Å²) in [5.74, 6) is 1.08. The van der Waals surface area contributed by atoms with Gasteiger partial charge in [-0.2, -0.15) is 0 Å². The number of aryl methyl sites for hydroxylation is 2. The normalized spacial score (nSPS) is 12.3. The second-order valence-electron chi connectivity index (χ2n) is 4.85. The van der Waals surface area contributed by atoms with Crippen molar-refractivity contribution < 1.29 is 9.13 Å². The van der Waals surface area contributed by atoms with E-state index in [1.807, 2.05) is 38.1 Å². The fourth-order valence-corrected chi connectivity index (χ4v) is 1.92. The number of ether oxygens (including phenoxy) is 1. The lowest BCUT2D eigenvalue weighted by atomic mass is 10.0. The first-order valence-electron chi connectivity index (χ1n) is 6.27. The van der Waals surface area contributed by atoms with Gasteiger partial charge < -0.3 is 10.5 Å². The van der Waals surface area contributed by atoms with E-state index >= 15 is 0 Å². The Hall–Kier alpha value is -1.87. The molecular weight excluding hydrogens is 241 g/mol. The van der Waals surface area contributed by atoms with Crippen molar-refractivity contribution in [1.29, 1.82) is 0 Å². The molecule has 100 valence electrons. The molecule has 0 amide bonds. The molecule has 0 heterocycles. The van der Waals surface area contributed by atoms with Gasteiger partial charge in [0, 0.05) is 11.6 Å². The summed E-state index contributed by atoms with van der Waals surface area (Å²) in [5.41, 5.74) is 8.20. The van der Waals surface area contributed by atoms with E-state index in [4.69, 9.17) is 10.5 Å². The van der Waals surface area contributed by atoms with E-state index in [0.717, 1.165) is 11.3 Å². The van der Waals surface area contributed by atoms with Gasteiger partial charge in [0.1, 0.15) is 17.3 Å². The first-order chi connectivity index (χ1) is 8.97. The van der Waals surface area contributed by atoms with Crippen LogP contribution in [0, 0.1) is 19.7 Å². The number of halogens is 1. The molecule has 0 saturated heterocycles. The predicted octanol–water partition coefficient (Wildman–Crippen LogP) is 4.25. The summed E-state index contributed by atoms with van der Waals surface area (Å²) in [7, 11) is 0. The Morgan fingerprint density at radius 1 is 1.16 bits per heavy atom. The van der Waals surface area contributed by atoms with Crippen molar-refractivity contribution in [1.82, 2.24) is 0 Å². The number of nitrogens with two attached hydrogens (primary N) is 1. The highest BCUT2D eigenvalue weighted by molar-refractivity contribution is 5.43. The van der Waals surface area contributed by atoms with Crippen molar-refractivity contribution in [3.05, 3.63) is 58.9 Å². The lowest BCUT2D eigenvalue weighted by Crippen LogP contribution is -2.08. The zero-order valence-electron chi connectivity index (χ0n) is 11.4. The van der Waals surface area contributed by atoms with Crippen molar-refractivity contribution in [3.8, 4) is 11.5 Å². The molecule has 2 rings (SSSR count). The first-order valence-corrected chi connectivity index (χ1v) is 6.27. The molecule has 0 fully saturated rings. The average molecular weight is 259 g/mol. The van der Waals surface area contributed by atoms with E-state index in [-0.39, 0.29) is 11.9 Å². The molecule has 0 aliphatic heterocycles. The van der Waals surface area contributed by atoms with Crippen LogP contribution in [0.2, 0.25) is 0 Å². The highest BCUT2D eigenvalue weighted by atomic mass is 19.1. The SMILES string of the molecule is Cc1cccc(Oc2cc(C)c(F)cc2[C@H](C)N)c1. The number of hydrogen-bond acceptors (Lipinski definition) is 2. The highest BCUT2D eigenvalue weighted by Gasteiger charge is 2.13. The Bertz CT molecular complexity index is 593. The average Bonchev–Trinajstić information content (AvgIpc) is 2.33. The zero-order chi connectivity index (χ0) is 14.0. The fourth-order valence-electron chi connectivity index (χ4n) is 1.92. The van der Waals surface area contributed by atoms with Crippen molar-refractivity contribution in [2.75, 3.05) is 0 Å². The minimum Gasteiger partial charge on any atom is -0.457 e. The van der Waals surface area contributed by atoms with Crippen LogP contribution in [-0.4, -0.2) is 0 Å². The molecule has 0 aliphatic rings. The third-order valence-corrected chi connectivity index (χ3v) is 3.00. The summed E-state index contributed by atoms with van der Waals surface area (Å²) in [6, 6.07) is 10.6. The van der Waals surface area contributed by atoms with Crippen LogP contribution in [0.4, 0.5) is 4.39 Å². The smallest absolute Gasteiger partial charge is 0.132 e. The van der Waals surface area contributed by atoms with Crippen molar-refractivity contribution in [2.45, 2.75) is 26.8 Å². The van der Waals surface area contributed by atoms with Crippen molar-refractivity contribution in [3.63, 3.8) is 0 Å². The van der Waals surface area contributed by atoms with Crippen molar-refractivity contribution >= 4 is 0 Å².